The molecule has 1 aliphatic heterocycles. The molecule has 1 aliphatic rings. The molecule has 4 rings (SSSR count). The van der Waals surface area contributed by atoms with Crippen molar-refractivity contribution in [1.82, 2.24) is 0 Å². The Morgan fingerprint density at radius 2 is 1.91 bits per heavy atom. The van der Waals surface area contributed by atoms with Crippen LogP contribution >= 0.6 is 0 Å². The van der Waals surface area contributed by atoms with E-state index >= 15 is 0 Å². The molecule has 0 fully saturated rings. The number of nitrogens with one attached hydrogen (secondary N) is 1. The van der Waals surface area contributed by atoms with Crippen molar-refractivity contribution in [3.05, 3.63) is 83.2 Å². The molecule has 0 radical (unpaired) electrons. The molecule has 0 saturated carbocycles. The number of hydrogen-bond donors (Lipinski definition) is 1. The summed E-state index contributed by atoms with van der Waals surface area (Å²) < 4.78 is 62.7. The maximum atomic E-state index is 13.9. The molecular weight excluding hydrogens is 453 g/mol. The monoisotopic (exact) mass is 473 g/mol. The van der Waals surface area contributed by atoms with Crippen molar-refractivity contribution in [2.45, 2.75) is 18.1 Å². The van der Waals surface area contributed by atoms with Crippen LogP contribution < -0.4 is 14.2 Å². The van der Waals surface area contributed by atoms with Crippen molar-refractivity contribution >= 4 is 21.7 Å². The van der Waals surface area contributed by atoms with Crippen LogP contribution in [0.5, 0.6) is 11.5 Å². The number of carbonyl (C=O) groups excluding carboxylic acids is 1. The van der Waals surface area contributed by atoms with Gasteiger partial charge >= 0.3 is 5.97 Å². The molecule has 3 aromatic carbocycles. The van der Waals surface area contributed by atoms with E-state index in [0.29, 0.717) is 28.3 Å². The van der Waals surface area contributed by atoms with E-state index in [4.69, 9.17) is 18.9 Å². The Labute approximate surface area is 189 Å². The Hall–Kier alpha value is -3.63. The van der Waals surface area contributed by atoms with E-state index < -0.39 is 21.8 Å². The Bertz CT molecular complexity index is 1280. The van der Waals surface area contributed by atoms with E-state index in [-0.39, 0.29) is 30.5 Å². The van der Waals surface area contributed by atoms with E-state index in [2.05, 4.69) is 4.72 Å². The molecule has 0 unspecified atom stereocenters. The zero-order chi connectivity index (χ0) is 23.4. The second-order valence-corrected chi connectivity index (χ2v) is 8.78. The third kappa shape index (κ3) is 5.24. The molecule has 0 amide bonds. The zero-order valence-corrected chi connectivity index (χ0v) is 18.4. The predicted octanol–water partition coefficient (Wildman–Crippen LogP) is 3.86. The Balaban J connectivity index is 1.48. The number of ether oxygens (including phenoxy) is 4. The summed E-state index contributed by atoms with van der Waals surface area (Å²) in [7, 11) is -2.45. The molecule has 0 saturated heterocycles. The Morgan fingerprint density at radius 3 is 2.67 bits per heavy atom. The summed E-state index contributed by atoms with van der Waals surface area (Å²) in [5, 5.41) is 0. The lowest BCUT2D eigenvalue weighted by atomic mass is 10.1. The van der Waals surface area contributed by atoms with Gasteiger partial charge in [0.15, 0.2) is 6.79 Å². The van der Waals surface area contributed by atoms with Crippen LogP contribution in [-0.2, 0) is 32.7 Å². The molecule has 0 spiro atoms. The molecule has 10 heteroatoms. The first-order chi connectivity index (χ1) is 15.9. The van der Waals surface area contributed by atoms with Crippen LogP contribution in [0.15, 0.2) is 65.6 Å². The summed E-state index contributed by atoms with van der Waals surface area (Å²) in [6.07, 6.45) is 0. The second-order valence-electron chi connectivity index (χ2n) is 7.10. The quantitative estimate of drug-likeness (QED) is 0.520. The van der Waals surface area contributed by atoms with Crippen molar-refractivity contribution in [2.24, 2.45) is 0 Å². The van der Waals surface area contributed by atoms with Crippen molar-refractivity contribution in [3.63, 3.8) is 0 Å². The molecule has 1 N–H and O–H groups in total. The van der Waals surface area contributed by atoms with Gasteiger partial charge < -0.3 is 18.9 Å². The van der Waals surface area contributed by atoms with Gasteiger partial charge in [0.05, 0.1) is 24.2 Å². The average Bonchev–Trinajstić information content (AvgIpc) is 2.82. The number of esters is 1. The fourth-order valence-electron chi connectivity index (χ4n) is 3.25. The van der Waals surface area contributed by atoms with Gasteiger partial charge in [-0.15, -0.1) is 0 Å². The molecular formula is C23H20FNO7S. The molecule has 0 aliphatic carbocycles. The number of fused-ring (bicyclic) bond motifs is 1. The van der Waals surface area contributed by atoms with E-state index in [1.165, 1.54) is 43.5 Å². The molecule has 0 aromatic heterocycles. The largest absolute Gasteiger partial charge is 0.497 e. The minimum atomic E-state index is -3.96. The molecule has 33 heavy (non-hydrogen) atoms. The lowest BCUT2D eigenvalue weighted by Gasteiger charge is -2.20. The van der Waals surface area contributed by atoms with E-state index in [1.807, 2.05) is 0 Å². The zero-order valence-electron chi connectivity index (χ0n) is 17.5. The summed E-state index contributed by atoms with van der Waals surface area (Å²) >= 11 is 0. The number of methoxy groups -OCH3 is 1. The highest BCUT2D eigenvalue weighted by atomic mass is 32.2. The summed E-state index contributed by atoms with van der Waals surface area (Å²) in [5.74, 6) is -0.274. The van der Waals surface area contributed by atoms with Crippen LogP contribution in [0.4, 0.5) is 10.1 Å². The molecule has 0 atom stereocenters. The van der Waals surface area contributed by atoms with E-state index in [0.717, 1.165) is 0 Å². The Morgan fingerprint density at radius 1 is 1.12 bits per heavy atom. The van der Waals surface area contributed by atoms with Gasteiger partial charge in [-0.25, -0.2) is 17.6 Å². The van der Waals surface area contributed by atoms with E-state index in [9.17, 15) is 17.6 Å². The first kappa shape index (κ1) is 22.6. The van der Waals surface area contributed by atoms with Gasteiger partial charge in [0.2, 0.25) is 0 Å². The van der Waals surface area contributed by atoms with Crippen LogP contribution in [0, 0.1) is 5.82 Å². The van der Waals surface area contributed by atoms with Gasteiger partial charge in [-0.3, -0.25) is 4.72 Å². The lowest BCUT2D eigenvalue weighted by molar-refractivity contribution is -0.0183. The fourth-order valence-corrected chi connectivity index (χ4v) is 4.36. The smallest absolute Gasteiger partial charge is 0.338 e. The normalized spacial score (nSPS) is 12.9. The molecule has 1 heterocycles. The van der Waals surface area contributed by atoms with Gasteiger partial charge in [-0.2, -0.15) is 0 Å². The van der Waals surface area contributed by atoms with Gasteiger partial charge in [0.25, 0.3) is 10.0 Å². The predicted molar refractivity (Wildman–Crippen MR) is 116 cm³/mol. The SMILES string of the molecule is COc1ccc(NS(=O)(=O)c2cccc(C(=O)OCc3cc(F)cc4c3OCOC4)c2)cc1. The van der Waals surface area contributed by atoms with Crippen LogP contribution in [0.3, 0.4) is 0 Å². The second kappa shape index (κ2) is 9.47. The number of halogens is 1. The van der Waals surface area contributed by atoms with Crippen molar-refractivity contribution in [1.29, 1.82) is 0 Å². The number of benzene rings is 3. The number of rotatable bonds is 7. The van der Waals surface area contributed by atoms with Gasteiger partial charge in [0, 0.05) is 16.8 Å². The minimum absolute atomic E-state index is 0.0146. The number of carbonyl (C=O) groups is 1. The van der Waals surface area contributed by atoms with Gasteiger partial charge in [-0.05, 0) is 54.6 Å². The number of sulfonamides is 1. The molecule has 3 aromatic rings. The van der Waals surface area contributed by atoms with Gasteiger partial charge in [0.1, 0.15) is 23.9 Å². The fraction of sp³-hybridized carbons (Fsp3) is 0.174. The number of hydrogen-bond acceptors (Lipinski definition) is 7. The maximum Gasteiger partial charge on any atom is 0.338 e. The van der Waals surface area contributed by atoms with Crippen LogP contribution in [0.2, 0.25) is 0 Å². The topological polar surface area (TPSA) is 100 Å². The standard InChI is InChI=1S/C23H20FNO7S/c1-29-20-7-5-19(6-8-20)25-33(27,28)21-4-2-3-15(11-21)23(26)31-13-17-10-18(24)9-16-12-30-14-32-22(16)17/h2-11,25H,12-14H2,1H3. The molecule has 172 valence electrons. The summed E-state index contributed by atoms with van der Waals surface area (Å²) in [5.41, 5.74) is 1.24. The summed E-state index contributed by atoms with van der Waals surface area (Å²) in [4.78, 5) is 12.5. The number of anilines is 1. The third-order valence-electron chi connectivity index (χ3n) is 4.83. The van der Waals surface area contributed by atoms with Crippen molar-refractivity contribution in [2.75, 3.05) is 18.6 Å². The third-order valence-corrected chi connectivity index (χ3v) is 6.21. The van der Waals surface area contributed by atoms with Gasteiger partial charge in [-0.1, -0.05) is 6.07 Å². The lowest BCUT2D eigenvalue weighted by Crippen LogP contribution is -2.15. The average molecular weight is 473 g/mol. The highest BCUT2D eigenvalue weighted by Crippen LogP contribution is 2.30. The van der Waals surface area contributed by atoms with E-state index in [1.54, 1.807) is 24.3 Å². The van der Waals surface area contributed by atoms with Crippen molar-refractivity contribution < 1.29 is 36.6 Å². The van der Waals surface area contributed by atoms with Crippen LogP contribution in [0.25, 0.3) is 0 Å². The minimum Gasteiger partial charge on any atom is -0.497 e. The van der Waals surface area contributed by atoms with Crippen molar-refractivity contribution in [3.8, 4) is 11.5 Å². The summed E-state index contributed by atoms with van der Waals surface area (Å²) in [6.45, 7) is -0.0458. The Kier molecular flexibility index (Phi) is 6.47. The highest BCUT2D eigenvalue weighted by molar-refractivity contribution is 7.92. The van der Waals surface area contributed by atoms with Crippen LogP contribution in [-0.4, -0.2) is 28.3 Å². The maximum absolute atomic E-state index is 13.9. The van der Waals surface area contributed by atoms with Crippen LogP contribution in [0.1, 0.15) is 21.5 Å². The molecule has 0 bridgehead atoms. The summed E-state index contributed by atoms with van der Waals surface area (Å²) in [6, 6.07) is 14.3. The molecule has 8 nitrogen and oxygen atoms in total. The first-order valence-corrected chi connectivity index (χ1v) is 11.3. The highest BCUT2D eigenvalue weighted by Gasteiger charge is 2.20. The first-order valence-electron chi connectivity index (χ1n) is 9.81.